The Bertz CT molecular complexity index is 221. The van der Waals surface area contributed by atoms with Crippen molar-refractivity contribution < 1.29 is 4.79 Å². The molecule has 2 rings (SSSR count). The van der Waals surface area contributed by atoms with Gasteiger partial charge in [-0.1, -0.05) is 19.3 Å². The van der Waals surface area contributed by atoms with Gasteiger partial charge in [0.2, 0.25) is 5.91 Å². The predicted octanol–water partition coefficient (Wildman–Crippen LogP) is 2.97. The van der Waals surface area contributed by atoms with Gasteiger partial charge in [0.1, 0.15) is 0 Å². The highest BCUT2D eigenvalue weighted by molar-refractivity contribution is 5.77. The SMILES string of the molecule is C[C@@H]1CCCN1C(=O)CC1CCCCC1. The van der Waals surface area contributed by atoms with Gasteiger partial charge in [-0.2, -0.15) is 0 Å². The number of rotatable bonds is 2. The molecule has 1 amide bonds. The van der Waals surface area contributed by atoms with Gasteiger partial charge in [0.05, 0.1) is 0 Å². The molecule has 2 heteroatoms. The van der Waals surface area contributed by atoms with Crippen LogP contribution in [0.3, 0.4) is 0 Å². The zero-order valence-electron chi connectivity index (χ0n) is 9.87. The lowest BCUT2D eigenvalue weighted by molar-refractivity contribution is -0.132. The fourth-order valence-corrected chi connectivity index (χ4v) is 3.06. The highest BCUT2D eigenvalue weighted by Crippen LogP contribution is 2.28. The van der Waals surface area contributed by atoms with Crippen molar-refractivity contribution in [2.24, 2.45) is 5.92 Å². The van der Waals surface area contributed by atoms with Gasteiger partial charge in [-0.3, -0.25) is 4.79 Å². The number of nitrogens with zero attached hydrogens (tertiary/aromatic N) is 1. The topological polar surface area (TPSA) is 20.3 Å². The lowest BCUT2D eigenvalue weighted by Gasteiger charge is -2.26. The lowest BCUT2D eigenvalue weighted by atomic mass is 9.86. The van der Waals surface area contributed by atoms with Crippen LogP contribution in [0, 0.1) is 5.92 Å². The molecule has 0 aromatic carbocycles. The summed E-state index contributed by atoms with van der Waals surface area (Å²) in [6, 6.07) is 0.501. The Kier molecular flexibility index (Phi) is 3.66. The smallest absolute Gasteiger partial charge is 0.223 e. The second-order valence-corrected chi connectivity index (χ2v) is 5.29. The van der Waals surface area contributed by atoms with Gasteiger partial charge in [-0.25, -0.2) is 0 Å². The second-order valence-electron chi connectivity index (χ2n) is 5.29. The summed E-state index contributed by atoms with van der Waals surface area (Å²) in [6.07, 6.45) is 9.87. The maximum Gasteiger partial charge on any atom is 0.223 e. The second kappa shape index (κ2) is 5.00. The Hall–Kier alpha value is -0.530. The van der Waals surface area contributed by atoms with E-state index in [2.05, 4.69) is 11.8 Å². The Morgan fingerprint density at radius 2 is 1.87 bits per heavy atom. The maximum absolute atomic E-state index is 12.0. The van der Waals surface area contributed by atoms with E-state index in [0.29, 0.717) is 17.9 Å². The Morgan fingerprint density at radius 1 is 1.13 bits per heavy atom. The largest absolute Gasteiger partial charge is 0.340 e. The van der Waals surface area contributed by atoms with Crippen LogP contribution in [0.4, 0.5) is 0 Å². The van der Waals surface area contributed by atoms with E-state index in [1.807, 2.05) is 0 Å². The number of carbonyl (C=O) groups is 1. The summed E-state index contributed by atoms with van der Waals surface area (Å²) >= 11 is 0. The summed E-state index contributed by atoms with van der Waals surface area (Å²) in [5.74, 6) is 1.12. The van der Waals surface area contributed by atoms with E-state index in [4.69, 9.17) is 0 Å². The van der Waals surface area contributed by atoms with Crippen molar-refractivity contribution in [3.63, 3.8) is 0 Å². The van der Waals surface area contributed by atoms with Crippen LogP contribution in [0.1, 0.15) is 58.3 Å². The van der Waals surface area contributed by atoms with E-state index in [0.717, 1.165) is 13.0 Å². The first-order valence-corrected chi connectivity index (χ1v) is 6.57. The monoisotopic (exact) mass is 209 g/mol. The van der Waals surface area contributed by atoms with Crippen LogP contribution in [0.5, 0.6) is 0 Å². The minimum Gasteiger partial charge on any atom is -0.340 e. The highest BCUT2D eigenvalue weighted by atomic mass is 16.2. The summed E-state index contributed by atoms with van der Waals surface area (Å²) in [6.45, 7) is 3.19. The first-order chi connectivity index (χ1) is 7.27. The van der Waals surface area contributed by atoms with E-state index < -0.39 is 0 Å². The zero-order valence-corrected chi connectivity index (χ0v) is 9.87. The Balaban J connectivity index is 1.80. The van der Waals surface area contributed by atoms with Crippen LogP contribution in [-0.4, -0.2) is 23.4 Å². The molecular formula is C13H23NO. The number of hydrogen-bond donors (Lipinski definition) is 0. The number of carbonyl (C=O) groups excluding carboxylic acids is 1. The van der Waals surface area contributed by atoms with E-state index in [-0.39, 0.29) is 0 Å². The molecule has 0 aromatic rings. The minimum absolute atomic E-state index is 0.423. The molecule has 1 aliphatic heterocycles. The van der Waals surface area contributed by atoms with Crippen molar-refractivity contribution in [1.82, 2.24) is 4.90 Å². The molecule has 0 spiro atoms. The third kappa shape index (κ3) is 2.73. The predicted molar refractivity (Wildman–Crippen MR) is 61.6 cm³/mol. The average Bonchev–Trinajstić information content (AvgIpc) is 2.66. The summed E-state index contributed by atoms with van der Waals surface area (Å²) in [5, 5.41) is 0. The zero-order chi connectivity index (χ0) is 10.7. The summed E-state index contributed by atoms with van der Waals surface area (Å²) in [5.41, 5.74) is 0. The molecule has 1 saturated heterocycles. The molecule has 2 fully saturated rings. The molecule has 2 aliphatic rings. The molecule has 1 atom stereocenters. The Labute approximate surface area is 93.0 Å². The molecule has 0 bridgehead atoms. The highest BCUT2D eigenvalue weighted by Gasteiger charge is 2.27. The van der Waals surface area contributed by atoms with E-state index in [9.17, 15) is 4.79 Å². The van der Waals surface area contributed by atoms with Crippen molar-refractivity contribution in [3.05, 3.63) is 0 Å². The molecule has 0 radical (unpaired) electrons. The molecule has 1 aliphatic carbocycles. The first-order valence-electron chi connectivity index (χ1n) is 6.57. The van der Waals surface area contributed by atoms with Crippen molar-refractivity contribution in [2.45, 2.75) is 64.3 Å². The third-order valence-corrected chi connectivity index (χ3v) is 4.06. The lowest BCUT2D eigenvalue weighted by Crippen LogP contribution is -2.35. The molecule has 0 N–H and O–H groups in total. The summed E-state index contributed by atoms with van der Waals surface area (Å²) in [7, 11) is 0. The van der Waals surface area contributed by atoms with Gasteiger partial charge in [0, 0.05) is 19.0 Å². The van der Waals surface area contributed by atoms with Crippen LogP contribution < -0.4 is 0 Å². The fraction of sp³-hybridized carbons (Fsp3) is 0.923. The van der Waals surface area contributed by atoms with Crippen molar-refractivity contribution >= 4 is 5.91 Å². The van der Waals surface area contributed by atoms with Gasteiger partial charge in [0.25, 0.3) is 0 Å². The van der Waals surface area contributed by atoms with Crippen LogP contribution in [0.2, 0.25) is 0 Å². The number of likely N-dealkylation sites (tertiary alicyclic amines) is 1. The van der Waals surface area contributed by atoms with E-state index in [1.165, 1.54) is 44.9 Å². The van der Waals surface area contributed by atoms with Gasteiger partial charge in [-0.05, 0) is 38.5 Å². The quantitative estimate of drug-likeness (QED) is 0.684. The number of amides is 1. The minimum atomic E-state index is 0.423. The third-order valence-electron chi connectivity index (χ3n) is 4.06. The fourth-order valence-electron chi connectivity index (χ4n) is 3.06. The van der Waals surface area contributed by atoms with Crippen LogP contribution in [0.15, 0.2) is 0 Å². The van der Waals surface area contributed by atoms with E-state index in [1.54, 1.807) is 0 Å². The first kappa shape index (κ1) is 11.0. The van der Waals surface area contributed by atoms with Gasteiger partial charge < -0.3 is 4.90 Å². The van der Waals surface area contributed by atoms with E-state index >= 15 is 0 Å². The summed E-state index contributed by atoms with van der Waals surface area (Å²) in [4.78, 5) is 14.2. The maximum atomic E-state index is 12.0. The standard InChI is InChI=1S/C13H23NO/c1-11-6-5-9-14(11)13(15)10-12-7-3-2-4-8-12/h11-12H,2-10H2,1H3/t11-/m1/s1. The van der Waals surface area contributed by atoms with Gasteiger partial charge in [-0.15, -0.1) is 0 Å². The molecule has 0 aromatic heterocycles. The summed E-state index contributed by atoms with van der Waals surface area (Å²) < 4.78 is 0. The van der Waals surface area contributed by atoms with Crippen molar-refractivity contribution in [3.8, 4) is 0 Å². The molecule has 1 saturated carbocycles. The molecule has 0 unspecified atom stereocenters. The van der Waals surface area contributed by atoms with Crippen LogP contribution in [0.25, 0.3) is 0 Å². The van der Waals surface area contributed by atoms with Gasteiger partial charge >= 0.3 is 0 Å². The molecule has 86 valence electrons. The van der Waals surface area contributed by atoms with Crippen LogP contribution in [-0.2, 0) is 4.79 Å². The average molecular weight is 209 g/mol. The van der Waals surface area contributed by atoms with Crippen LogP contribution >= 0.6 is 0 Å². The van der Waals surface area contributed by atoms with Crippen molar-refractivity contribution in [1.29, 1.82) is 0 Å². The number of hydrogen-bond acceptors (Lipinski definition) is 1. The molecular weight excluding hydrogens is 186 g/mol. The Morgan fingerprint density at radius 3 is 2.47 bits per heavy atom. The normalized spacial score (nSPS) is 28.3. The van der Waals surface area contributed by atoms with Crippen molar-refractivity contribution in [2.75, 3.05) is 6.54 Å². The molecule has 1 heterocycles. The molecule has 2 nitrogen and oxygen atoms in total. The van der Waals surface area contributed by atoms with Gasteiger partial charge in [0.15, 0.2) is 0 Å². The molecule has 15 heavy (non-hydrogen) atoms.